The molecule has 0 atom stereocenters. The van der Waals surface area contributed by atoms with Gasteiger partial charge in [-0.1, -0.05) is 42.5 Å². The molecule has 3 rings (SSSR count). The molecule has 1 N–H and O–H groups in total. The fraction of sp³-hybridized carbons (Fsp3) is 0.273. The molecule has 6 nitrogen and oxygen atoms in total. The zero-order valence-corrected chi connectivity index (χ0v) is 16.5. The van der Waals surface area contributed by atoms with E-state index in [1.807, 2.05) is 49.9 Å². The van der Waals surface area contributed by atoms with Crippen molar-refractivity contribution in [3.63, 3.8) is 0 Å². The molecule has 3 aromatic rings. The molecule has 0 saturated carbocycles. The number of hydrogen-bond donors (Lipinski definition) is 1. The zero-order valence-electron chi connectivity index (χ0n) is 16.5. The van der Waals surface area contributed by atoms with Crippen molar-refractivity contribution in [2.75, 3.05) is 27.2 Å². The van der Waals surface area contributed by atoms with Gasteiger partial charge in [0.25, 0.3) is 0 Å². The van der Waals surface area contributed by atoms with Crippen molar-refractivity contribution in [3.05, 3.63) is 84.4 Å². The van der Waals surface area contributed by atoms with Crippen LogP contribution in [-0.4, -0.2) is 47.7 Å². The molecule has 0 bridgehead atoms. The first-order valence-electron chi connectivity index (χ1n) is 9.38. The van der Waals surface area contributed by atoms with Gasteiger partial charge >= 0.3 is 0 Å². The Kier molecular flexibility index (Phi) is 7.07. The average molecular weight is 377 g/mol. The lowest BCUT2D eigenvalue weighted by Gasteiger charge is -2.22. The summed E-state index contributed by atoms with van der Waals surface area (Å²) in [7, 11) is 3.81. The second kappa shape index (κ2) is 10.2. The Bertz CT molecular complexity index is 862. The predicted molar refractivity (Wildman–Crippen MR) is 113 cm³/mol. The van der Waals surface area contributed by atoms with Gasteiger partial charge in [0.1, 0.15) is 12.4 Å². The second-order valence-corrected chi connectivity index (χ2v) is 6.54. The van der Waals surface area contributed by atoms with E-state index in [0.29, 0.717) is 13.2 Å². The standard InChI is InChI=1S/C22H27N5O/c1-23-22(26(2)13-14-28-21-9-4-3-5-10-21)25-16-19-7-6-8-20(15-19)17-27-12-11-24-18-27/h3-12,15,18H,13-14,16-17H2,1-2H3,(H,23,25). The van der Waals surface area contributed by atoms with E-state index in [9.17, 15) is 0 Å². The van der Waals surface area contributed by atoms with Crippen LogP contribution in [0.2, 0.25) is 0 Å². The topological polar surface area (TPSA) is 54.7 Å². The first-order valence-corrected chi connectivity index (χ1v) is 9.38. The van der Waals surface area contributed by atoms with E-state index < -0.39 is 0 Å². The zero-order chi connectivity index (χ0) is 19.6. The molecule has 1 aromatic heterocycles. The lowest BCUT2D eigenvalue weighted by molar-refractivity contribution is 0.281. The number of imidazole rings is 1. The van der Waals surface area contributed by atoms with Gasteiger partial charge < -0.3 is 19.5 Å². The highest BCUT2D eigenvalue weighted by Crippen LogP contribution is 2.09. The summed E-state index contributed by atoms with van der Waals surface area (Å²) in [4.78, 5) is 10.5. The van der Waals surface area contributed by atoms with Crippen LogP contribution in [0.15, 0.2) is 78.3 Å². The third-order valence-electron chi connectivity index (χ3n) is 4.38. The van der Waals surface area contributed by atoms with Crippen molar-refractivity contribution in [2.45, 2.75) is 13.1 Å². The molecule has 28 heavy (non-hydrogen) atoms. The second-order valence-electron chi connectivity index (χ2n) is 6.54. The Morgan fingerprint density at radius 1 is 1.14 bits per heavy atom. The van der Waals surface area contributed by atoms with Crippen LogP contribution in [0.5, 0.6) is 5.75 Å². The summed E-state index contributed by atoms with van der Waals surface area (Å²) in [5, 5.41) is 3.42. The number of benzene rings is 2. The number of nitrogens with one attached hydrogen (secondary N) is 1. The molecule has 1 heterocycles. The Labute approximate surface area is 166 Å². The van der Waals surface area contributed by atoms with Crippen LogP contribution in [0.3, 0.4) is 0 Å². The minimum absolute atomic E-state index is 0.599. The maximum atomic E-state index is 5.77. The molecular formula is C22H27N5O. The molecule has 6 heteroatoms. The van der Waals surface area contributed by atoms with Gasteiger partial charge in [0, 0.05) is 39.6 Å². The number of ether oxygens (including phenoxy) is 1. The molecule has 0 aliphatic carbocycles. The predicted octanol–water partition coefficient (Wildman–Crippen LogP) is 3.02. The fourth-order valence-corrected chi connectivity index (χ4v) is 2.92. The van der Waals surface area contributed by atoms with E-state index in [0.717, 1.165) is 24.8 Å². The Balaban J connectivity index is 1.48. The number of likely N-dealkylation sites (N-methyl/N-ethyl adjacent to an activating group) is 1. The van der Waals surface area contributed by atoms with E-state index in [4.69, 9.17) is 4.74 Å². The number of guanidine groups is 1. The molecule has 0 fully saturated rings. The Hall–Kier alpha value is -3.28. The Morgan fingerprint density at radius 3 is 2.71 bits per heavy atom. The van der Waals surface area contributed by atoms with Crippen LogP contribution in [0.1, 0.15) is 11.1 Å². The van der Waals surface area contributed by atoms with Crippen LogP contribution in [0, 0.1) is 0 Å². The number of aromatic nitrogens is 2. The highest BCUT2D eigenvalue weighted by molar-refractivity contribution is 5.79. The molecule has 0 saturated heterocycles. The first-order chi connectivity index (χ1) is 13.7. The van der Waals surface area contributed by atoms with Crippen molar-refractivity contribution >= 4 is 5.96 Å². The summed E-state index contributed by atoms with van der Waals surface area (Å²) in [5.74, 6) is 1.73. The molecule has 0 amide bonds. The van der Waals surface area contributed by atoms with Gasteiger partial charge in [-0.05, 0) is 23.3 Å². The summed E-state index contributed by atoms with van der Waals surface area (Å²) in [5.41, 5.74) is 2.46. The molecule has 0 spiro atoms. The van der Waals surface area contributed by atoms with Gasteiger partial charge in [0.05, 0.1) is 12.9 Å². The highest BCUT2D eigenvalue weighted by atomic mass is 16.5. The van der Waals surface area contributed by atoms with Crippen LogP contribution in [0.25, 0.3) is 0 Å². The quantitative estimate of drug-likeness (QED) is 0.484. The molecule has 146 valence electrons. The number of nitrogens with zero attached hydrogens (tertiary/aromatic N) is 4. The van der Waals surface area contributed by atoms with Crippen molar-refractivity contribution in [1.29, 1.82) is 0 Å². The summed E-state index contributed by atoms with van der Waals surface area (Å²) in [6.07, 6.45) is 5.60. The third kappa shape index (κ3) is 5.87. The summed E-state index contributed by atoms with van der Waals surface area (Å²) < 4.78 is 7.83. The molecule has 0 unspecified atom stereocenters. The fourth-order valence-electron chi connectivity index (χ4n) is 2.92. The number of para-hydroxylation sites is 1. The first kappa shape index (κ1) is 19.5. The molecule has 2 aromatic carbocycles. The van der Waals surface area contributed by atoms with Gasteiger partial charge in [-0.25, -0.2) is 4.98 Å². The van der Waals surface area contributed by atoms with Crippen LogP contribution >= 0.6 is 0 Å². The van der Waals surface area contributed by atoms with Crippen LogP contribution in [0.4, 0.5) is 0 Å². The van der Waals surface area contributed by atoms with Gasteiger partial charge in [-0.3, -0.25) is 4.99 Å². The van der Waals surface area contributed by atoms with Crippen molar-refractivity contribution < 1.29 is 4.74 Å². The van der Waals surface area contributed by atoms with E-state index in [-0.39, 0.29) is 0 Å². The number of rotatable bonds is 8. The largest absolute Gasteiger partial charge is 0.492 e. The molecule has 0 aliphatic rings. The van der Waals surface area contributed by atoms with Crippen molar-refractivity contribution in [3.8, 4) is 5.75 Å². The van der Waals surface area contributed by atoms with Crippen LogP contribution < -0.4 is 10.1 Å². The SMILES string of the molecule is CN=C(NCc1cccc(Cn2ccnc2)c1)N(C)CCOc1ccccc1. The maximum Gasteiger partial charge on any atom is 0.193 e. The average Bonchev–Trinajstić information content (AvgIpc) is 3.22. The highest BCUT2D eigenvalue weighted by Gasteiger charge is 2.06. The monoisotopic (exact) mass is 377 g/mol. The minimum atomic E-state index is 0.599. The third-order valence-corrected chi connectivity index (χ3v) is 4.38. The lowest BCUT2D eigenvalue weighted by atomic mass is 10.1. The summed E-state index contributed by atoms with van der Waals surface area (Å²) in [6, 6.07) is 18.4. The summed E-state index contributed by atoms with van der Waals surface area (Å²) >= 11 is 0. The molecule has 0 radical (unpaired) electrons. The van der Waals surface area contributed by atoms with E-state index in [2.05, 4.69) is 49.0 Å². The van der Waals surface area contributed by atoms with E-state index >= 15 is 0 Å². The number of aliphatic imine (C=N–C) groups is 1. The van der Waals surface area contributed by atoms with Gasteiger partial charge in [0.2, 0.25) is 0 Å². The Morgan fingerprint density at radius 2 is 1.96 bits per heavy atom. The minimum Gasteiger partial charge on any atom is -0.492 e. The van der Waals surface area contributed by atoms with E-state index in [1.54, 1.807) is 13.2 Å². The van der Waals surface area contributed by atoms with Gasteiger partial charge in [0.15, 0.2) is 5.96 Å². The number of hydrogen-bond acceptors (Lipinski definition) is 3. The molecular weight excluding hydrogens is 350 g/mol. The molecule has 0 aliphatic heterocycles. The van der Waals surface area contributed by atoms with Gasteiger partial charge in [-0.15, -0.1) is 0 Å². The van der Waals surface area contributed by atoms with Crippen molar-refractivity contribution in [1.82, 2.24) is 19.8 Å². The maximum absolute atomic E-state index is 5.77. The summed E-state index contributed by atoms with van der Waals surface area (Å²) in [6.45, 7) is 2.88. The van der Waals surface area contributed by atoms with Crippen LogP contribution in [-0.2, 0) is 13.1 Å². The van der Waals surface area contributed by atoms with Gasteiger partial charge in [-0.2, -0.15) is 0 Å². The smallest absolute Gasteiger partial charge is 0.193 e. The van der Waals surface area contributed by atoms with E-state index in [1.165, 1.54) is 11.1 Å². The van der Waals surface area contributed by atoms with Crippen molar-refractivity contribution in [2.24, 2.45) is 4.99 Å². The normalized spacial score (nSPS) is 11.3. The lowest BCUT2D eigenvalue weighted by Crippen LogP contribution is -2.40.